The van der Waals surface area contributed by atoms with E-state index in [4.69, 9.17) is 66.6 Å². The van der Waals surface area contributed by atoms with Crippen molar-refractivity contribution in [3.63, 3.8) is 0 Å². The molecular weight excluding hydrogens is 581 g/mol. The van der Waals surface area contributed by atoms with E-state index in [1.54, 1.807) is 0 Å². The molecule has 0 aliphatic carbocycles. The van der Waals surface area contributed by atoms with Crippen LogP contribution in [-0.2, 0) is 93.9 Å². The Morgan fingerprint density at radius 2 is 0.348 bits per heavy atom. The molecule has 146 valence electrons. The third-order valence-electron chi connectivity index (χ3n) is 0. The average Bonchev–Trinajstić information content (AvgIpc) is 1.94. The minimum Gasteiger partial charge on any atom is -0.784 e. The zero-order valence-electron chi connectivity index (χ0n) is 9.47. The fourth-order valence-electron chi connectivity index (χ4n) is 0. The second-order valence-corrected chi connectivity index (χ2v) is 3.06. The van der Waals surface area contributed by atoms with Crippen LogP contribution >= 0.6 is 0 Å². The average molecular weight is 581 g/mol. The molecule has 15 nitrogen and oxygen atoms in total. The zero-order valence-corrected chi connectivity index (χ0v) is 18.1. The molecule has 0 bridgehead atoms. The first-order chi connectivity index (χ1) is 8.66. The molecule has 0 saturated heterocycles. The molecule has 0 saturated carbocycles. The molecule has 0 fully saturated rings. The van der Waals surface area contributed by atoms with E-state index in [-0.39, 0.29) is 54.2 Å². The van der Waals surface area contributed by atoms with Crippen LogP contribution in [0.2, 0.25) is 0 Å². The van der Waals surface area contributed by atoms with Crippen molar-refractivity contribution in [2.24, 2.45) is 0 Å². The van der Waals surface area contributed by atoms with Crippen LogP contribution in [0.15, 0.2) is 0 Å². The fourth-order valence-corrected chi connectivity index (χ4v) is 0. The van der Waals surface area contributed by atoms with Gasteiger partial charge in [-0.2, -0.15) is 0 Å². The molecule has 0 rings (SSSR count). The molecule has 23 heavy (non-hydrogen) atoms. The fraction of sp³-hybridized carbons (Fsp3) is 0. The van der Waals surface area contributed by atoms with Gasteiger partial charge in [-0.05, 0) is 0 Å². The van der Waals surface area contributed by atoms with Gasteiger partial charge < -0.3 is 45.5 Å². The van der Waals surface area contributed by atoms with Crippen molar-refractivity contribution in [2.45, 2.75) is 0 Å². The van der Waals surface area contributed by atoms with Gasteiger partial charge in [0.2, 0.25) is 0 Å². The molecule has 0 aliphatic rings. The third kappa shape index (κ3) is 2810. The molecule has 0 unspecified atom stereocenters. The summed E-state index contributed by atoms with van der Waals surface area (Å²) in [5.74, 6) is 0. The standard InChI is InChI=1S/5H2O3S.Se.2V/c5*1-4(2)3;;;/h5*(H2,1,2,3);;;/p-10. The Morgan fingerprint density at radius 1 is 0.348 bits per heavy atom. The molecule has 0 aromatic carbocycles. The summed E-state index contributed by atoms with van der Waals surface area (Å²) in [7, 11) is 0. The first kappa shape index (κ1) is 49.8. The molecule has 0 amide bonds. The summed E-state index contributed by atoms with van der Waals surface area (Å²) >= 11 is -15.6. The normalized spacial score (nSPS) is 7.61. The van der Waals surface area contributed by atoms with E-state index >= 15 is 0 Å². The Morgan fingerprint density at radius 3 is 0.348 bits per heavy atom. The molecular formula is O15S5SeV2-10. The Balaban J connectivity index is -0.0000000197. The van der Waals surface area contributed by atoms with Gasteiger partial charge in [0.15, 0.2) is 0 Å². The van der Waals surface area contributed by atoms with Crippen molar-refractivity contribution in [2.75, 3.05) is 0 Å². The van der Waals surface area contributed by atoms with Gasteiger partial charge in [0.1, 0.15) is 0 Å². The SMILES string of the molecule is O=S([O-])[O-].O=S([O-])[O-].O=S([O-])[O-].O=S([O-])[O-].O=S([O-])[O-].[Se].[V].[V]. The van der Waals surface area contributed by atoms with E-state index in [1.165, 1.54) is 0 Å². The maximum atomic E-state index is 8.44. The summed E-state index contributed by atoms with van der Waals surface area (Å²) < 4.78 is 127. The molecule has 0 atom stereocenters. The smallest absolute Gasteiger partial charge is 0 e. The maximum absolute atomic E-state index is 8.44. The molecule has 0 aromatic heterocycles. The Labute approximate surface area is 176 Å². The molecule has 0 aliphatic heterocycles. The van der Waals surface area contributed by atoms with E-state index in [0.717, 1.165) is 0 Å². The van der Waals surface area contributed by atoms with Crippen molar-refractivity contribution in [1.82, 2.24) is 0 Å². The van der Waals surface area contributed by atoms with Gasteiger partial charge in [-0.15, -0.1) is 56.8 Å². The summed E-state index contributed by atoms with van der Waals surface area (Å²) in [6.45, 7) is 0. The summed E-state index contributed by atoms with van der Waals surface area (Å²) in [5.41, 5.74) is 0. The summed E-state index contributed by atoms with van der Waals surface area (Å²) in [6.07, 6.45) is 0. The van der Waals surface area contributed by atoms with Crippen LogP contribution in [0, 0.1) is 0 Å². The molecule has 0 N–H and O–H groups in total. The van der Waals surface area contributed by atoms with E-state index in [9.17, 15) is 0 Å². The summed E-state index contributed by atoms with van der Waals surface area (Å²) in [4.78, 5) is 0. The van der Waals surface area contributed by atoms with Crippen LogP contribution < -0.4 is 0 Å². The van der Waals surface area contributed by atoms with Crippen LogP contribution in [0.4, 0.5) is 0 Å². The summed E-state index contributed by atoms with van der Waals surface area (Å²) in [5, 5.41) is 0. The molecule has 4 radical (unpaired) electrons. The first-order valence-electron chi connectivity index (χ1n) is 2.50. The Hall–Kier alpha value is 2.04. The Bertz CT molecular complexity index is 217. The first-order valence-corrected chi connectivity index (χ1v) is 7.50. The van der Waals surface area contributed by atoms with E-state index < -0.39 is 56.8 Å². The van der Waals surface area contributed by atoms with E-state index in [0.29, 0.717) is 0 Å². The van der Waals surface area contributed by atoms with Gasteiger partial charge in [-0.1, -0.05) is 0 Å². The van der Waals surface area contributed by atoms with Gasteiger partial charge in [0.05, 0.1) is 0 Å². The van der Waals surface area contributed by atoms with Gasteiger partial charge >= 0.3 is 0 Å². The predicted octanol–water partition coefficient (Wildman–Crippen LogP) is -5.41. The molecule has 0 aromatic rings. The van der Waals surface area contributed by atoms with Crippen molar-refractivity contribution in [3.05, 3.63) is 0 Å². The van der Waals surface area contributed by atoms with Crippen LogP contribution in [0.1, 0.15) is 0 Å². The van der Waals surface area contributed by atoms with Crippen LogP contribution in [-0.4, -0.2) is 83.6 Å². The number of hydrogen-bond acceptors (Lipinski definition) is 15. The largest absolute Gasteiger partial charge is 0.784 e. The quantitative estimate of drug-likeness (QED) is 0.190. The van der Waals surface area contributed by atoms with E-state index in [2.05, 4.69) is 0 Å². The minimum atomic E-state index is -3.11. The monoisotopic (exact) mass is 582 g/mol. The van der Waals surface area contributed by atoms with Gasteiger partial charge in [-0.25, -0.2) is 0 Å². The third-order valence-corrected chi connectivity index (χ3v) is 0. The summed E-state index contributed by atoms with van der Waals surface area (Å²) in [6, 6.07) is 0. The number of hydrogen-bond donors (Lipinski definition) is 0. The minimum absolute atomic E-state index is 0. The molecule has 23 heteroatoms. The van der Waals surface area contributed by atoms with Crippen molar-refractivity contribution in [3.8, 4) is 0 Å². The van der Waals surface area contributed by atoms with Crippen molar-refractivity contribution in [1.29, 1.82) is 0 Å². The predicted molar refractivity (Wildman–Crippen MR) is 54.2 cm³/mol. The molecule has 0 spiro atoms. The van der Waals surface area contributed by atoms with Crippen LogP contribution in [0.25, 0.3) is 0 Å². The van der Waals surface area contributed by atoms with Gasteiger partial charge in [-0.3, -0.25) is 21.0 Å². The van der Waals surface area contributed by atoms with E-state index in [1.807, 2.05) is 0 Å². The molecule has 0 heterocycles. The zero-order chi connectivity index (χ0) is 17.9. The van der Waals surface area contributed by atoms with Crippen LogP contribution in [0.3, 0.4) is 0 Å². The topological polar surface area (TPSA) is 316 Å². The van der Waals surface area contributed by atoms with Gasteiger partial charge in [0.25, 0.3) is 0 Å². The second-order valence-electron chi connectivity index (χ2n) is 1.02. The number of rotatable bonds is 0. The van der Waals surface area contributed by atoms with Crippen LogP contribution in [0.5, 0.6) is 0 Å². The maximum Gasteiger partial charge on any atom is 0 e. The van der Waals surface area contributed by atoms with Crippen molar-refractivity contribution >= 4 is 73.9 Å². The van der Waals surface area contributed by atoms with Crippen molar-refractivity contribution < 1.29 is 104 Å². The second kappa shape index (κ2) is 43.9. The van der Waals surface area contributed by atoms with Gasteiger partial charge in [0, 0.05) is 54.2 Å². The Kier molecular flexibility index (Phi) is 95.2.